The van der Waals surface area contributed by atoms with Gasteiger partial charge in [0, 0.05) is 20.1 Å². The van der Waals surface area contributed by atoms with Gasteiger partial charge < -0.3 is 4.74 Å². The molecule has 0 bridgehead atoms. The number of ether oxygens (including phenoxy) is 1. The zero-order valence-corrected chi connectivity index (χ0v) is 20.5. The van der Waals surface area contributed by atoms with Gasteiger partial charge >= 0.3 is 0 Å². The average molecular weight is 460 g/mol. The number of nitrogens with one attached hydrogen (secondary N) is 1. The molecule has 4 atom stereocenters. The van der Waals surface area contributed by atoms with Crippen molar-refractivity contribution >= 4 is 17.9 Å². The van der Waals surface area contributed by atoms with E-state index in [4.69, 9.17) is 15.4 Å². The highest BCUT2D eigenvalue weighted by molar-refractivity contribution is 5.87. The molecule has 1 aliphatic rings. The van der Waals surface area contributed by atoms with E-state index in [2.05, 4.69) is 25.4 Å². The first kappa shape index (κ1) is 27.0. The molecule has 1 heterocycles. The van der Waals surface area contributed by atoms with E-state index in [0.29, 0.717) is 18.9 Å². The molecule has 1 saturated heterocycles. The van der Waals surface area contributed by atoms with Gasteiger partial charge in [0.05, 0.1) is 11.8 Å². The highest BCUT2D eigenvalue weighted by Gasteiger charge is 2.39. The Bertz CT molecular complexity index is 745. The molecule has 1 aromatic carbocycles. The minimum Gasteiger partial charge on any atom is -0.350 e. The van der Waals surface area contributed by atoms with E-state index in [-0.39, 0.29) is 17.7 Å². The van der Waals surface area contributed by atoms with Crippen molar-refractivity contribution in [3.8, 4) is 0 Å². The van der Waals surface area contributed by atoms with Crippen LogP contribution in [0.2, 0.25) is 0 Å². The van der Waals surface area contributed by atoms with E-state index >= 15 is 0 Å². The summed E-state index contributed by atoms with van der Waals surface area (Å²) in [6, 6.07) is 9.96. The standard InChI is InChI=1S/C26H41N3O4/c1-5-11-22(26(31)29(4)27)24(25(30)28-33-23-14-9-10-17-32-23)21(18-19(2)3)16-15-20-12-7-6-8-13-20/h6-8,12-13,15-16,19,21-24H,5,9-11,14,17-18,27H2,1-4H3,(H,28,30)/b16-15+/t21?,22-,23?,24+/m1/s1. The Kier molecular flexibility index (Phi) is 11.6. The van der Waals surface area contributed by atoms with Gasteiger partial charge in [0.25, 0.3) is 0 Å². The summed E-state index contributed by atoms with van der Waals surface area (Å²) in [4.78, 5) is 32.2. The van der Waals surface area contributed by atoms with Crippen molar-refractivity contribution in [2.45, 2.75) is 65.6 Å². The topological polar surface area (TPSA) is 93.9 Å². The Morgan fingerprint density at radius 2 is 2.00 bits per heavy atom. The second kappa shape index (κ2) is 14.1. The first-order valence-corrected chi connectivity index (χ1v) is 12.2. The Labute approximate surface area is 198 Å². The van der Waals surface area contributed by atoms with Crippen LogP contribution in [0.1, 0.15) is 64.9 Å². The molecule has 2 rings (SSSR count). The number of hydrogen-bond donors (Lipinski definition) is 2. The zero-order chi connectivity index (χ0) is 24.2. The van der Waals surface area contributed by atoms with Crippen LogP contribution in [0.25, 0.3) is 6.08 Å². The summed E-state index contributed by atoms with van der Waals surface area (Å²) < 4.78 is 5.59. The average Bonchev–Trinajstić information content (AvgIpc) is 2.81. The first-order chi connectivity index (χ1) is 15.8. The smallest absolute Gasteiger partial charge is 0.248 e. The quantitative estimate of drug-likeness (QED) is 0.276. The van der Waals surface area contributed by atoms with Gasteiger partial charge in [-0.1, -0.05) is 69.7 Å². The van der Waals surface area contributed by atoms with E-state index in [9.17, 15) is 9.59 Å². The normalized spacial score (nSPS) is 19.3. The van der Waals surface area contributed by atoms with E-state index < -0.39 is 18.1 Å². The molecule has 7 heteroatoms. The van der Waals surface area contributed by atoms with Crippen LogP contribution in [0.15, 0.2) is 36.4 Å². The van der Waals surface area contributed by atoms with Crippen molar-refractivity contribution in [1.29, 1.82) is 0 Å². The Hall–Kier alpha value is -2.22. The van der Waals surface area contributed by atoms with E-state index in [1.54, 1.807) is 0 Å². The summed E-state index contributed by atoms with van der Waals surface area (Å²) in [6.45, 7) is 6.87. The minimum atomic E-state index is -0.616. The second-order valence-corrected chi connectivity index (χ2v) is 9.31. The molecule has 0 aliphatic carbocycles. The van der Waals surface area contributed by atoms with Crippen molar-refractivity contribution < 1.29 is 19.2 Å². The highest BCUT2D eigenvalue weighted by atomic mass is 16.8. The number of carbonyl (C=O) groups excluding carboxylic acids is 2. The van der Waals surface area contributed by atoms with E-state index in [1.165, 1.54) is 7.05 Å². The van der Waals surface area contributed by atoms with Gasteiger partial charge in [-0.2, -0.15) is 0 Å². The van der Waals surface area contributed by atoms with Gasteiger partial charge in [-0.3, -0.25) is 14.6 Å². The number of benzene rings is 1. The number of allylic oxidation sites excluding steroid dienone is 1. The monoisotopic (exact) mass is 459 g/mol. The molecule has 1 fully saturated rings. The van der Waals surface area contributed by atoms with E-state index in [0.717, 1.165) is 42.7 Å². The third-order valence-electron chi connectivity index (χ3n) is 5.97. The number of hydrogen-bond acceptors (Lipinski definition) is 5. The summed E-state index contributed by atoms with van der Waals surface area (Å²) in [6.07, 6.45) is 8.43. The summed E-state index contributed by atoms with van der Waals surface area (Å²) in [5.41, 5.74) is 3.68. The number of nitrogens with zero attached hydrogens (tertiary/aromatic N) is 1. The molecule has 33 heavy (non-hydrogen) atoms. The van der Waals surface area contributed by atoms with Gasteiger partial charge in [-0.15, -0.1) is 0 Å². The maximum Gasteiger partial charge on any atom is 0.248 e. The number of carbonyl (C=O) groups is 2. The van der Waals surface area contributed by atoms with E-state index in [1.807, 2.05) is 43.3 Å². The van der Waals surface area contributed by atoms with Crippen molar-refractivity contribution in [2.75, 3.05) is 13.7 Å². The highest BCUT2D eigenvalue weighted by Crippen LogP contribution is 2.33. The molecular formula is C26H41N3O4. The van der Waals surface area contributed by atoms with Crippen molar-refractivity contribution in [2.24, 2.45) is 29.5 Å². The van der Waals surface area contributed by atoms with Crippen LogP contribution in [0.5, 0.6) is 0 Å². The Morgan fingerprint density at radius 3 is 2.58 bits per heavy atom. The summed E-state index contributed by atoms with van der Waals surface area (Å²) in [7, 11) is 1.53. The molecule has 1 aliphatic heterocycles. The molecule has 0 radical (unpaired) electrons. The molecule has 2 amide bonds. The predicted molar refractivity (Wildman–Crippen MR) is 130 cm³/mol. The molecular weight excluding hydrogens is 418 g/mol. The van der Waals surface area contributed by atoms with Crippen LogP contribution in [-0.4, -0.2) is 36.8 Å². The number of nitrogens with two attached hydrogens (primary N) is 1. The number of amides is 2. The molecule has 0 spiro atoms. The van der Waals surface area contributed by atoms with Crippen LogP contribution in [0.3, 0.4) is 0 Å². The number of hydrazine groups is 1. The van der Waals surface area contributed by atoms with Crippen LogP contribution < -0.4 is 11.3 Å². The molecule has 0 saturated carbocycles. The van der Waals surface area contributed by atoms with Crippen LogP contribution >= 0.6 is 0 Å². The first-order valence-electron chi connectivity index (χ1n) is 12.2. The SMILES string of the molecule is CCC[C@@H](C(=O)N(C)N)[C@@H](C(=O)NOC1CCCCO1)C(/C=C/c1ccccc1)CC(C)C. The molecule has 1 aromatic rings. The second-order valence-electron chi connectivity index (χ2n) is 9.31. The van der Waals surface area contributed by atoms with Gasteiger partial charge in [-0.05, 0) is 43.1 Å². The predicted octanol–water partition coefficient (Wildman–Crippen LogP) is 4.30. The lowest BCUT2D eigenvalue weighted by Crippen LogP contribution is -2.48. The fourth-order valence-corrected chi connectivity index (χ4v) is 4.39. The maximum atomic E-state index is 13.5. The maximum absolute atomic E-state index is 13.5. The minimum absolute atomic E-state index is 0.165. The summed E-state index contributed by atoms with van der Waals surface area (Å²) in [5, 5.41) is 1.10. The number of hydroxylamine groups is 1. The van der Waals surface area contributed by atoms with Gasteiger partial charge in [0.15, 0.2) is 6.29 Å². The zero-order valence-electron chi connectivity index (χ0n) is 20.5. The lowest BCUT2D eigenvalue weighted by molar-refractivity contribution is -0.203. The summed E-state index contributed by atoms with van der Waals surface area (Å²) in [5.74, 6) is 4.30. The van der Waals surface area contributed by atoms with Crippen LogP contribution in [0.4, 0.5) is 0 Å². The Morgan fingerprint density at radius 1 is 1.27 bits per heavy atom. The van der Waals surface area contributed by atoms with Gasteiger partial charge in [-0.25, -0.2) is 16.2 Å². The van der Waals surface area contributed by atoms with Crippen molar-refractivity contribution in [3.05, 3.63) is 42.0 Å². The fraction of sp³-hybridized carbons (Fsp3) is 0.615. The Balaban J connectivity index is 2.34. The largest absolute Gasteiger partial charge is 0.350 e. The van der Waals surface area contributed by atoms with Crippen molar-refractivity contribution in [3.63, 3.8) is 0 Å². The lowest BCUT2D eigenvalue weighted by Gasteiger charge is -2.33. The van der Waals surface area contributed by atoms with Crippen molar-refractivity contribution in [1.82, 2.24) is 10.5 Å². The van der Waals surface area contributed by atoms with Crippen LogP contribution in [0, 0.1) is 23.7 Å². The van der Waals surface area contributed by atoms with Gasteiger partial charge in [0.2, 0.25) is 11.8 Å². The molecule has 0 aromatic heterocycles. The molecule has 3 N–H and O–H groups in total. The summed E-state index contributed by atoms with van der Waals surface area (Å²) >= 11 is 0. The fourth-order valence-electron chi connectivity index (χ4n) is 4.39. The molecule has 2 unspecified atom stereocenters. The third-order valence-corrected chi connectivity index (χ3v) is 5.97. The third kappa shape index (κ3) is 8.91. The molecule has 7 nitrogen and oxygen atoms in total. The lowest BCUT2D eigenvalue weighted by atomic mass is 9.74. The van der Waals surface area contributed by atoms with Gasteiger partial charge in [0.1, 0.15) is 0 Å². The van der Waals surface area contributed by atoms with Crippen LogP contribution in [-0.2, 0) is 19.2 Å². The number of rotatable bonds is 12. The molecule has 184 valence electrons.